The smallest absolute Gasteiger partial charge is 0.314 e. The number of hydrogen-bond donors (Lipinski definition) is 1. The molecule has 1 atom stereocenters. The van der Waals surface area contributed by atoms with E-state index in [1.54, 1.807) is 60.7 Å². The van der Waals surface area contributed by atoms with Crippen molar-refractivity contribution >= 4 is 35.7 Å². The Bertz CT molecular complexity index is 1200. The number of amides is 2. The number of carboxylic acids is 1. The van der Waals surface area contributed by atoms with E-state index in [4.69, 9.17) is 11.6 Å². The molecule has 1 N–H and O–H groups in total. The Balaban J connectivity index is 1.62. The molecule has 0 saturated carbocycles. The van der Waals surface area contributed by atoms with Crippen molar-refractivity contribution in [3.63, 3.8) is 0 Å². The van der Waals surface area contributed by atoms with Gasteiger partial charge in [-0.3, -0.25) is 19.3 Å². The van der Waals surface area contributed by atoms with Gasteiger partial charge in [-0.05, 0) is 47.4 Å². The molecule has 6 nitrogen and oxygen atoms in total. The van der Waals surface area contributed by atoms with Crippen LogP contribution in [0.2, 0.25) is 5.02 Å². The molecular formula is C26H20ClNO5. The molecular weight excluding hydrogens is 442 g/mol. The number of hydrogen-bond acceptors (Lipinski definition) is 4. The van der Waals surface area contributed by atoms with Crippen molar-refractivity contribution in [2.24, 2.45) is 0 Å². The van der Waals surface area contributed by atoms with Crippen molar-refractivity contribution in [3.8, 4) is 11.1 Å². The second-order valence-corrected chi connectivity index (χ2v) is 8.34. The van der Waals surface area contributed by atoms with Crippen LogP contribution in [-0.2, 0) is 15.0 Å². The van der Waals surface area contributed by atoms with Crippen LogP contribution < -0.4 is 0 Å². The molecule has 1 aliphatic heterocycles. The van der Waals surface area contributed by atoms with E-state index in [2.05, 4.69) is 0 Å². The molecule has 1 heterocycles. The summed E-state index contributed by atoms with van der Waals surface area (Å²) in [6.07, 6.45) is 0.183. The SMILES string of the molecule is O=CC[C@](CCN1C(=O)c2ccccc2C1=O)(C(=O)O)c1ccc(-c2ccc(Cl)cc2)cc1. The molecule has 0 aliphatic carbocycles. The van der Waals surface area contributed by atoms with E-state index in [1.165, 1.54) is 0 Å². The first-order valence-corrected chi connectivity index (χ1v) is 10.7. The second kappa shape index (κ2) is 9.00. The highest BCUT2D eigenvalue weighted by Gasteiger charge is 2.43. The molecule has 0 fully saturated rings. The van der Waals surface area contributed by atoms with Gasteiger partial charge in [0.25, 0.3) is 11.8 Å². The summed E-state index contributed by atoms with van der Waals surface area (Å²) in [4.78, 5) is 50.4. The maximum absolute atomic E-state index is 12.7. The van der Waals surface area contributed by atoms with Crippen LogP contribution in [0.25, 0.3) is 11.1 Å². The highest BCUT2D eigenvalue weighted by molar-refractivity contribution is 6.30. The molecule has 0 spiro atoms. The average molecular weight is 462 g/mol. The van der Waals surface area contributed by atoms with Gasteiger partial charge in [0.2, 0.25) is 0 Å². The zero-order valence-corrected chi connectivity index (χ0v) is 18.3. The highest BCUT2D eigenvalue weighted by Crippen LogP contribution is 2.35. The molecule has 166 valence electrons. The van der Waals surface area contributed by atoms with Crippen molar-refractivity contribution < 1.29 is 24.3 Å². The molecule has 3 aromatic rings. The Kier molecular flexibility index (Phi) is 6.11. The first-order chi connectivity index (χ1) is 15.9. The Morgan fingerprint density at radius 2 is 1.39 bits per heavy atom. The van der Waals surface area contributed by atoms with Gasteiger partial charge in [0.05, 0.1) is 11.1 Å². The molecule has 3 aromatic carbocycles. The van der Waals surface area contributed by atoms with E-state index >= 15 is 0 Å². The van der Waals surface area contributed by atoms with E-state index in [0.717, 1.165) is 16.0 Å². The summed E-state index contributed by atoms with van der Waals surface area (Å²) >= 11 is 5.94. The van der Waals surface area contributed by atoms with E-state index in [-0.39, 0.29) is 19.4 Å². The van der Waals surface area contributed by atoms with Crippen LogP contribution in [0.4, 0.5) is 0 Å². The normalized spacial score (nSPS) is 14.6. The van der Waals surface area contributed by atoms with Crippen molar-refractivity contribution in [1.29, 1.82) is 0 Å². The maximum Gasteiger partial charge on any atom is 0.314 e. The Labute approximate surface area is 195 Å². The number of aliphatic carboxylic acids is 1. The van der Waals surface area contributed by atoms with Crippen molar-refractivity contribution in [1.82, 2.24) is 4.90 Å². The third kappa shape index (κ3) is 4.05. The largest absolute Gasteiger partial charge is 0.481 e. The number of nitrogens with zero attached hydrogens (tertiary/aromatic N) is 1. The average Bonchev–Trinajstić information content (AvgIpc) is 3.07. The van der Waals surface area contributed by atoms with E-state index in [1.807, 2.05) is 12.1 Å². The molecule has 0 radical (unpaired) electrons. The quantitative estimate of drug-likeness (QED) is 0.391. The number of halogens is 1. The van der Waals surface area contributed by atoms with Crippen molar-refractivity contribution in [3.05, 3.63) is 94.5 Å². The molecule has 33 heavy (non-hydrogen) atoms. The second-order valence-electron chi connectivity index (χ2n) is 7.90. The predicted octanol–water partition coefficient (Wildman–Crippen LogP) is 4.60. The minimum atomic E-state index is -1.57. The lowest BCUT2D eigenvalue weighted by atomic mass is 9.74. The van der Waals surface area contributed by atoms with Gasteiger partial charge in [-0.25, -0.2) is 0 Å². The summed E-state index contributed by atoms with van der Waals surface area (Å²) in [5, 5.41) is 10.8. The summed E-state index contributed by atoms with van der Waals surface area (Å²) in [7, 11) is 0. The topological polar surface area (TPSA) is 91.8 Å². The molecule has 0 bridgehead atoms. The lowest BCUT2D eigenvalue weighted by molar-refractivity contribution is -0.145. The van der Waals surface area contributed by atoms with Gasteiger partial charge < -0.3 is 9.90 Å². The monoisotopic (exact) mass is 461 g/mol. The van der Waals surface area contributed by atoms with Crippen LogP contribution in [0.1, 0.15) is 39.1 Å². The van der Waals surface area contributed by atoms with E-state index < -0.39 is 23.2 Å². The number of aldehydes is 1. The number of carboxylic acid groups (broad SMARTS) is 1. The molecule has 0 unspecified atom stereocenters. The van der Waals surface area contributed by atoms with Gasteiger partial charge in [-0.15, -0.1) is 0 Å². The Hall–Kier alpha value is -3.77. The molecule has 1 aliphatic rings. The summed E-state index contributed by atoms with van der Waals surface area (Å²) in [5.41, 5.74) is 1.22. The predicted molar refractivity (Wildman–Crippen MR) is 123 cm³/mol. The van der Waals surface area contributed by atoms with E-state index in [9.17, 15) is 24.3 Å². The third-order valence-electron chi connectivity index (χ3n) is 6.10. The first-order valence-electron chi connectivity index (χ1n) is 10.4. The zero-order valence-electron chi connectivity index (χ0n) is 17.5. The minimum Gasteiger partial charge on any atom is -0.481 e. The van der Waals surface area contributed by atoms with Gasteiger partial charge in [-0.1, -0.05) is 60.1 Å². The van der Waals surface area contributed by atoms with Gasteiger partial charge in [0.15, 0.2) is 0 Å². The lowest BCUT2D eigenvalue weighted by Gasteiger charge is -2.30. The summed E-state index contributed by atoms with van der Waals surface area (Å²) in [5.74, 6) is -2.11. The Morgan fingerprint density at radius 1 is 0.879 bits per heavy atom. The minimum absolute atomic E-state index is 0.0904. The highest BCUT2D eigenvalue weighted by atomic mass is 35.5. The number of imide groups is 1. The van der Waals surface area contributed by atoms with Crippen LogP contribution in [0.3, 0.4) is 0 Å². The van der Waals surface area contributed by atoms with Crippen LogP contribution >= 0.6 is 11.6 Å². The standard InChI is InChI=1S/C26H20ClNO5/c27-20-11-7-18(8-12-20)17-5-9-19(10-6-17)26(14-16-29,25(32)33)13-15-28-23(30)21-3-1-2-4-22(21)24(28)31/h1-12,16H,13-15H2,(H,32,33)/t26-/m0/s1. The van der Waals surface area contributed by atoms with Crippen molar-refractivity contribution in [2.75, 3.05) is 6.54 Å². The maximum atomic E-state index is 12.7. The first kappa shape index (κ1) is 22.4. The lowest BCUT2D eigenvalue weighted by Crippen LogP contribution is -2.41. The van der Waals surface area contributed by atoms with Gasteiger partial charge >= 0.3 is 5.97 Å². The number of carbonyl (C=O) groups excluding carboxylic acids is 3. The molecule has 0 aromatic heterocycles. The number of benzene rings is 3. The van der Waals surface area contributed by atoms with Crippen LogP contribution in [0.5, 0.6) is 0 Å². The van der Waals surface area contributed by atoms with Gasteiger partial charge in [-0.2, -0.15) is 0 Å². The number of carbonyl (C=O) groups is 4. The number of fused-ring (bicyclic) bond motifs is 1. The summed E-state index contributed by atoms with van der Waals surface area (Å²) in [6.45, 7) is -0.120. The summed E-state index contributed by atoms with van der Waals surface area (Å²) in [6, 6.07) is 20.6. The summed E-state index contributed by atoms with van der Waals surface area (Å²) < 4.78 is 0. The Morgan fingerprint density at radius 3 is 1.88 bits per heavy atom. The third-order valence-corrected chi connectivity index (χ3v) is 6.35. The number of rotatable bonds is 8. The van der Waals surface area contributed by atoms with Gasteiger partial charge in [0.1, 0.15) is 11.7 Å². The molecule has 2 amide bonds. The van der Waals surface area contributed by atoms with Crippen LogP contribution in [0, 0.1) is 0 Å². The fraction of sp³-hybridized carbons (Fsp3) is 0.154. The molecule has 7 heteroatoms. The zero-order chi connectivity index (χ0) is 23.6. The molecule has 4 rings (SSSR count). The van der Waals surface area contributed by atoms with E-state index in [0.29, 0.717) is 28.0 Å². The fourth-order valence-electron chi connectivity index (χ4n) is 4.19. The van der Waals surface area contributed by atoms with Crippen molar-refractivity contribution in [2.45, 2.75) is 18.3 Å². The fourth-order valence-corrected chi connectivity index (χ4v) is 4.32. The van der Waals surface area contributed by atoms with Gasteiger partial charge in [0, 0.05) is 18.0 Å². The van der Waals surface area contributed by atoms with Crippen LogP contribution in [-0.4, -0.2) is 40.6 Å². The van der Waals surface area contributed by atoms with Crippen LogP contribution in [0.15, 0.2) is 72.8 Å². The molecule has 0 saturated heterocycles.